The summed E-state index contributed by atoms with van der Waals surface area (Å²) in [5.74, 6) is 0. The van der Waals surface area contributed by atoms with Gasteiger partial charge in [0, 0.05) is 41.5 Å². The summed E-state index contributed by atoms with van der Waals surface area (Å²) in [6.07, 6.45) is -0.864. The zero-order chi connectivity index (χ0) is 26.2. The number of rotatable bonds is 9. The first-order valence-electron chi connectivity index (χ1n) is 12.8. The van der Waals surface area contributed by atoms with E-state index in [1.165, 1.54) is 0 Å². The molecule has 5 heteroatoms. The molecule has 4 aromatic rings. The highest BCUT2D eigenvalue weighted by molar-refractivity contribution is 5.86. The highest BCUT2D eigenvalue weighted by Crippen LogP contribution is 2.35. The van der Waals surface area contributed by atoms with Crippen LogP contribution in [0.15, 0.2) is 103 Å². The Hall–Kier alpha value is -4.25. The van der Waals surface area contributed by atoms with Gasteiger partial charge in [-0.3, -0.25) is 5.32 Å². The molecule has 0 saturated heterocycles. The van der Waals surface area contributed by atoms with Gasteiger partial charge in [0.1, 0.15) is 6.10 Å². The number of hydrogen-bond donors (Lipinski definition) is 1. The van der Waals surface area contributed by atoms with E-state index in [1.807, 2.05) is 74.5 Å². The summed E-state index contributed by atoms with van der Waals surface area (Å²) in [5, 5.41) is 2.90. The van der Waals surface area contributed by atoms with Gasteiger partial charge in [-0.25, -0.2) is 4.79 Å². The normalized spacial score (nSPS) is 11.5. The van der Waals surface area contributed by atoms with E-state index in [0.717, 1.165) is 52.7 Å². The maximum Gasteiger partial charge on any atom is 0.412 e. The largest absolute Gasteiger partial charge is 0.441 e. The molecule has 0 aliphatic rings. The molecule has 1 atom stereocenters. The third-order valence-electron chi connectivity index (χ3n) is 6.51. The van der Waals surface area contributed by atoms with Crippen LogP contribution in [0, 0.1) is 6.92 Å². The van der Waals surface area contributed by atoms with Crippen LogP contribution in [0.1, 0.15) is 38.0 Å². The van der Waals surface area contributed by atoms with E-state index in [9.17, 15) is 4.79 Å². The highest BCUT2D eigenvalue weighted by atomic mass is 16.6. The predicted octanol–water partition coefficient (Wildman–Crippen LogP) is 8.62. The lowest BCUT2D eigenvalue weighted by Crippen LogP contribution is -2.22. The first-order valence-corrected chi connectivity index (χ1v) is 12.8. The molecule has 0 aliphatic heterocycles. The van der Waals surface area contributed by atoms with Crippen LogP contribution in [0.2, 0.25) is 0 Å². The number of para-hydroxylation sites is 2. The van der Waals surface area contributed by atoms with E-state index in [1.54, 1.807) is 0 Å². The zero-order valence-electron chi connectivity index (χ0n) is 22.0. The van der Waals surface area contributed by atoms with Crippen molar-refractivity contribution in [2.24, 2.45) is 0 Å². The van der Waals surface area contributed by atoms with Crippen molar-refractivity contribution in [1.29, 1.82) is 0 Å². The molecule has 1 unspecified atom stereocenters. The average Bonchev–Trinajstić information content (AvgIpc) is 2.92. The molecule has 0 saturated carbocycles. The Bertz CT molecular complexity index is 1250. The van der Waals surface area contributed by atoms with Crippen molar-refractivity contribution in [3.05, 3.63) is 114 Å². The lowest BCUT2D eigenvalue weighted by atomic mass is 10.1. The van der Waals surface area contributed by atoms with E-state index in [-0.39, 0.29) is 0 Å². The van der Waals surface area contributed by atoms with Crippen molar-refractivity contribution in [2.45, 2.75) is 33.8 Å². The molecule has 1 amide bonds. The van der Waals surface area contributed by atoms with Crippen LogP contribution in [0.3, 0.4) is 0 Å². The van der Waals surface area contributed by atoms with E-state index < -0.39 is 12.2 Å². The molecule has 0 aromatic heterocycles. The summed E-state index contributed by atoms with van der Waals surface area (Å²) in [5.41, 5.74) is 7.01. The number of nitrogens with zero attached hydrogens (tertiary/aromatic N) is 2. The molecule has 0 bridgehead atoms. The number of anilines is 5. The Balaban J connectivity index is 1.45. The molecule has 0 spiro atoms. The minimum Gasteiger partial charge on any atom is -0.441 e. The maximum atomic E-state index is 12.7. The summed E-state index contributed by atoms with van der Waals surface area (Å²) in [4.78, 5) is 17.1. The van der Waals surface area contributed by atoms with Gasteiger partial charge in [-0.1, -0.05) is 48.5 Å². The molecule has 37 heavy (non-hydrogen) atoms. The second-order valence-electron chi connectivity index (χ2n) is 8.94. The van der Waals surface area contributed by atoms with E-state index in [2.05, 4.69) is 71.4 Å². The topological polar surface area (TPSA) is 44.8 Å². The van der Waals surface area contributed by atoms with Gasteiger partial charge in [0.15, 0.2) is 0 Å². The first-order chi connectivity index (χ1) is 18.0. The Morgan fingerprint density at radius 1 is 0.757 bits per heavy atom. The summed E-state index contributed by atoms with van der Waals surface area (Å²) < 4.78 is 5.71. The predicted molar refractivity (Wildman–Crippen MR) is 154 cm³/mol. The van der Waals surface area contributed by atoms with Crippen LogP contribution >= 0.6 is 0 Å². The number of aryl methyl sites for hydroxylation is 1. The van der Waals surface area contributed by atoms with Gasteiger partial charge in [0.25, 0.3) is 0 Å². The number of hydrogen-bond acceptors (Lipinski definition) is 4. The Morgan fingerprint density at radius 3 is 1.78 bits per heavy atom. The number of nitrogens with one attached hydrogen (secondary N) is 1. The lowest BCUT2D eigenvalue weighted by Gasteiger charge is -2.26. The van der Waals surface area contributed by atoms with Crippen molar-refractivity contribution >= 4 is 34.5 Å². The molecule has 1 N–H and O–H groups in total. The third kappa shape index (κ3) is 6.31. The standard InChI is InChI=1S/C32H35N3O2/c1-5-34(6-2)30-21-22-31(24(3)23-30)33-32(36)37-25(4)26-17-19-29(20-18-26)35(27-13-9-7-10-14-27)28-15-11-8-12-16-28/h7-23,25H,5-6H2,1-4H3,(H,33,36). The van der Waals surface area contributed by atoms with E-state index in [0.29, 0.717) is 0 Å². The van der Waals surface area contributed by atoms with Crippen LogP contribution in [0.4, 0.5) is 33.2 Å². The maximum absolute atomic E-state index is 12.7. The van der Waals surface area contributed by atoms with Crippen LogP contribution in [-0.4, -0.2) is 19.2 Å². The minimum atomic E-state index is -0.467. The van der Waals surface area contributed by atoms with Gasteiger partial charge >= 0.3 is 6.09 Å². The fraction of sp³-hybridized carbons (Fsp3) is 0.219. The number of ether oxygens (including phenoxy) is 1. The average molecular weight is 494 g/mol. The molecular formula is C32H35N3O2. The van der Waals surface area contributed by atoms with Crippen molar-refractivity contribution < 1.29 is 9.53 Å². The Kier molecular flexibility index (Phi) is 8.47. The fourth-order valence-corrected chi connectivity index (χ4v) is 4.44. The van der Waals surface area contributed by atoms with Gasteiger partial charge in [-0.05, 0) is 93.4 Å². The van der Waals surface area contributed by atoms with Crippen LogP contribution in [0.5, 0.6) is 0 Å². The quantitative estimate of drug-likeness (QED) is 0.253. The molecule has 4 rings (SSSR count). The van der Waals surface area contributed by atoms with Gasteiger partial charge < -0.3 is 14.5 Å². The molecule has 4 aromatic carbocycles. The van der Waals surface area contributed by atoms with Gasteiger partial charge in [0.05, 0.1) is 0 Å². The van der Waals surface area contributed by atoms with Crippen LogP contribution in [0.25, 0.3) is 0 Å². The summed E-state index contributed by atoms with van der Waals surface area (Å²) in [6.45, 7) is 10.0. The van der Waals surface area contributed by atoms with Crippen molar-refractivity contribution in [1.82, 2.24) is 0 Å². The summed E-state index contributed by atoms with van der Waals surface area (Å²) in [6, 6.07) is 34.7. The highest BCUT2D eigenvalue weighted by Gasteiger charge is 2.16. The molecule has 0 heterocycles. The first kappa shape index (κ1) is 25.8. The van der Waals surface area contributed by atoms with Crippen molar-refractivity contribution in [3.8, 4) is 0 Å². The summed E-state index contributed by atoms with van der Waals surface area (Å²) in [7, 11) is 0. The lowest BCUT2D eigenvalue weighted by molar-refractivity contribution is 0.121. The van der Waals surface area contributed by atoms with Gasteiger partial charge in [-0.15, -0.1) is 0 Å². The van der Waals surface area contributed by atoms with Crippen LogP contribution in [-0.2, 0) is 4.74 Å². The van der Waals surface area contributed by atoms with Gasteiger partial charge in [-0.2, -0.15) is 0 Å². The molecular weight excluding hydrogens is 458 g/mol. The van der Waals surface area contributed by atoms with Gasteiger partial charge in [0.2, 0.25) is 0 Å². The van der Waals surface area contributed by atoms with Crippen molar-refractivity contribution in [3.63, 3.8) is 0 Å². The van der Waals surface area contributed by atoms with Crippen molar-refractivity contribution in [2.75, 3.05) is 28.2 Å². The number of benzene rings is 4. The molecule has 0 radical (unpaired) electrons. The second kappa shape index (κ2) is 12.1. The summed E-state index contributed by atoms with van der Waals surface area (Å²) >= 11 is 0. The fourth-order valence-electron chi connectivity index (χ4n) is 4.44. The smallest absolute Gasteiger partial charge is 0.412 e. The Labute approximate surface area is 220 Å². The molecule has 190 valence electrons. The van der Waals surface area contributed by atoms with E-state index in [4.69, 9.17) is 4.74 Å². The Morgan fingerprint density at radius 2 is 1.27 bits per heavy atom. The zero-order valence-corrected chi connectivity index (χ0v) is 22.0. The number of carbonyl (C=O) groups excluding carboxylic acids is 1. The SMILES string of the molecule is CCN(CC)c1ccc(NC(=O)OC(C)c2ccc(N(c3ccccc3)c3ccccc3)cc2)c(C)c1. The third-order valence-corrected chi connectivity index (χ3v) is 6.51. The monoisotopic (exact) mass is 493 g/mol. The minimum absolute atomic E-state index is 0.397. The molecule has 0 aliphatic carbocycles. The molecule has 0 fully saturated rings. The number of carbonyl (C=O) groups is 1. The second-order valence-corrected chi connectivity index (χ2v) is 8.94. The van der Waals surface area contributed by atoms with Crippen LogP contribution < -0.4 is 15.1 Å². The number of amides is 1. The molecule has 5 nitrogen and oxygen atoms in total. The van der Waals surface area contributed by atoms with E-state index >= 15 is 0 Å².